The zero-order valence-corrected chi connectivity index (χ0v) is 15.0. The third kappa shape index (κ3) is 6.24. The lowest BCUT2D eigenvalue weighted by Crippen LogP contribution is -3.06. The maximum atomic E-state index is 12.4. The highest BCUT2D eigenvalue weighted by Gasteiger charge is 2.17. The van der Waals surface area contributed by atoms with Crippen LogP contribution < -0.4 is 19.7 Å². The zero-order valence-electron chi connectivity index (χ0n) is 15.0. The number of amides is 1. The van der Waals surface area contributed by atoms with Crippen LogP contribution in [0.2, 0.25) is 0 Å². The molecule has 8 nitrogen and oxygen atoms in total. The summed E-state index contributed by atoms with van der Waals surface area (Å²) in [7, 11) is 4.08. The van der Waals surface area contributed by atoms with Crippen LogP contribution in [0.15, 0.2) is 23.2 Å². The molecule has 1 aliphatic heterocycles. The summed E-state index contributed by atoms with van der Waals surface area (Å²) in [6, 6.07) is 5.22. The van der Waals surface area contributed by atoms with Gasteiger partial charge < -0.3 is 23.8 Å². The van der Waals surface area contributed by atoms with Gasteiger partial charge in [0.15, 0.2) is 11.5 Å². The van der Waals surface area contributed by atoms with E-state index >= 15 is 0 Å². The number of ether oxygens (including phenoxy) is 4. The lowest BCUT2D eigenvalue weighted by atomic mass is 10.2. The predicted molar refractivity (Wildman–Crippen MR) is 92.5 cm³/mol. The lowest BCUT2D eigenvalue weighted by Gasteiger charge is -2.12. The quantitative estimate of drug-likeness (QED) is 0.381. The van der Waals surface area contributed by atoms with Crippen molar-refractivity contribution in [3.63, 3.8) is 0 Å². The molecule has 25 heavy (non-hydrogen) atoms. The number of benzene rings is 1. The maximum absolute atomic E-state index is 12.4. The molecule has 1 aromatic carbocycles. The van der Waals surface area contributed by atoms with Crippen molar-refractivity contribution in [2.24, 2.45) is 4.99 Å². The van der Waals surface area contributed by atoms with Crippen molar-refractivity contribution in [3.05, 3.63) is 23.8 Å². The van der Waals surface area contributed by atoms with Gasteiger partial charge in [-0.15, -0.1) is 0 Å². The van der Waals surface area contributed by atoms with Crippen molar-refractivity contribution in [3.8, 4) is 11.5 Å². The van der Waals surface area contributed by atoms with Gasteiger partial charge in [0.25, 0.3) is 11.9 Å². The van der Waals surface area contributed by atoms with Crippen LogP contribution in [0.1, 0.15) is 17.3 Å². The van der Waals surface area contributed by atoms with E-state index in [1.54, 1.807) is 18.2 Å². The number of hydrogen-bond acceptors (Lipinski definition) is 6. The Balaban J connectivity index is 1.97. The van der Waals surface area contributed by atoms with E-state index in [1.165, 1.54) is 4.90 Å². The third-order valence-corrected chi connectivity index (χ3v) is 3.39. The first-order valence-electron chi connectivity index (χ1n) is 8.35. The summed E-state index contributed by atoms with van der Waals surface area (Å²) in [5, 5.41) is 2.70. The SMILES string of the molecule is CCOCCOC(=NCC[NH+](C)C)NC(=O)c1ccc2c(c1)OCO2. The number of carbonyl (C=O) groups is 1. The van der Waals surface area contributed by atoms with Crippen LogP contribution in [-0.2, 0) is 9.47 Å². The fraction of sp³-hybridized carbons (Fsp3) is 0.529. The van der Waals surface area contributed by atoms with Crippen molar-refractivity contribution in [1.82, 2.24) is 5.32 Å². The Bertz CT molecular complexity index is 604. The minimum absolute atomic E-state index is 0.167. The number of rotatable bonds is 8. The van der Waals surface area contributed by atoms with Crippen LogP contribution in [0.25, 0.3) is 0 Å². The number of likely N-dealkylation sites (N-methyl/N-ethyl adjacent to an activating group) is 1. The minimum Gasteiger partial charge on any atom is -0.463 e. The Morgan fingerprint density at radius 3 is 2.84 bits per heavy atom. The molecule has 0 atom stereocenters. The summed E-state index contributed by atoms with van der Waals surface area (Å²) < 4.78 is 21.3. The van der Waals surface area contributed by atoms with Crippen molar-refractivity contribution in [2.75, 3.05) is 53.8 Å². The fourth-order valence-corrected chi connectivity index (χ4v) is 2.05. The summed E-state index contributed by atoms with van der Waals surface area (Å²) in [6.45, 7) is 4.84. The van der Waals surface area contributed by atoms with Gasteiger partial charge in [0.1, 0.15) is 6.61 Å². The molecule has 0 saturated carbocycles. The number of fused-ring (bicyclic) bond motifs is 1. The van der Waals surface area contributed by atoms with Gasteiger partial charge in [0, 0.05) is 12.2 Å². The molecular formula is C17H26N3O5+. The number of carbonyl (C=O) groups excluding carboxylic acids is 1. The molecule has 0 bridgehead atoms. The molecule has 1 aromatic rings. The van der Waals surface area contributed by atoms with E-state index in [0.717, 1.165) is 6.54 Å². The molecule has 8 heteroatoms. The number of nitrogens with one attached hydrogen (secondary N) is 2. The number of aliphatic imine (C=N–C) groups is 1. The zero-order chi connectivity index (χ0) is 18.1. The average molecular weight is 352 g/mol. The van der Waals surface area contributed by atoms with Gasteiger partial charge in [-0.05, 0) is 25.1 Å². The Kier molecular flexibility index (Phi) is 7.49. The van der Waals surface area contributed by atoms with E-state index in [-0.39, 0.29) is 18.7 Å². The predicted octanol–water partition coefficient (Wildman–Crippen LogP) is -0.301. The second-order valence-electron chi connectivity index (χ2n) is 5.71. The second-order valence-corrected chi connectivity index (χ2v) is 5.71. The molecule has 0 radical (unpaired) electrons. The van der Waals surface area contributed by atoms with E-state index in [4.69, 9.17) is 18.9 Å². The maximum Gasteiger partial charge on any atom is 0.291 e. The smallest absolute Gasteiger partial charge is 0.291 e. The summed E-state index contributed by atoms with van der Waals surface area (Å²) in [5.41, 5.74) is 0.448. The molecular weight excluding hydrogens is 326 g/mol. The first-order valence-corrected chi connectivity index (χ1v) is 8.35. The van der Waals surface area contributed by atoms with E-state index < -0.39 is 0 Å². The van der Waals surface area contributed by atoms with E-state index in [0.29, 0.717) is 43.4 Å². The third-order valence-electron chi connectivity index (χ3n) is 3.39. The second kappa shape index (κ2) is 9.85. The first-order chi connectivity index (χ1) is 12.1. The van der Waals surface area contributed by atoms with Gasteiger partial charge in [0.2, 0.25) is 6.79 Å². The van der Waals surface area contributed by atoms with Gasteiger partial charge in [-0.25, -0.2) is 4.99 Å². The molecule has 0 fully saturated rings. The molecule has 2 N–H and O–H groups in total. The van der Waals surface area contributed by atoms with Gasteiger partial charge in [-0.1, -0.05) is 0 Å². The molecule has 138 valence electrons. The first kappa shape index (κ1) is 19.0. The molecule has 0 spiro atoms. The molecule has 0 aromatic heterocycles. The normalized spacial score (nSPS) is 13.2. The van der Waals surface area contributed by atoms with Crippen LogP contribution in [0, 0.1) is 0 Å². The van der Waals surface area contributed by atoms with Crippen LogP contribution in [0.4, 0.5) is 0 Å². The van der Waals surface area contributed by atoms with Crippen molar-refractivity contribution in [1.29, 1.82) is 0 Å². The van der Waals surface area contributed by atoms with Crippen LogP contribution >= 0.6 is 0 Å². The van der Waals surface area contributed by atoms with Crippen LogP contribution in [0.5, 0.6) is 11.5 Å². The average Bonchev–Trinajstić information content (AvgIpc) is 3.05. The fourth-order valence-electron chi connectivity index (χ4n) is 2.05. The molecule has 1 heterocycles. The number of quaternary nitrogens is 1. The van der Waals surface area contributed by atoms with Gasteiger partial charge in [-0.3, -0.25) is 10.1 Å². The van der Waals surface area contributed by atoms with Gasteiger partial charge in [-0.2, -0.15) is 0 Å². The van der Waals surface area contributed by atoms with Crippen molar-refractivity contribution < 1.29 is 28.6 Å². The van der Waals surface area contributed by atoms with Crippen LogP contribution in [-0.4, -0.2) is 65.7 Å². The van der Waals surface area contributed by atoms with E-state index in [1.807, 2.05) is 21.0 Å². The molecule has 0 aliphatic carbocycles. The summed E-state index contributed by atoms with van der Waals surface area (Å²) in [5.74, 6) is 0.873. The Morgan fingerprint density at radius 1 is 1.28 bits per heavy atom. The molecule has 1 aliphatic rings. The summed E-state index contributed by atoms with van der Waals surface area (Å²) in [4.78, 5) is 18.0. The highest BCUT2D eigenvalue weighted by atomic mass is 16.7. The number of amidine groups is 1. The highest BCUT2D eigenvalue weighted by Crippen LogP contribution is 2.32. The summed E-state index contributed by atoms with van der Waals surface area (Å²) >= 11 is 0. The molecule has 0 saturated heterocycles. The number of nitrogens with zero attached hydrogens (tertiary/aromatic N) is 1. The van der Waals surface area contributed by atoms with Crippen molar-refractivity contribution >= 4 is 11.9 Å². The minimum atomic E-state index is -0.314. The topological polar surface area (TPSA) is 82.8 Å². The monoisotopic (exact) mass is 352 g/mol. The molecule has 0 unspecified atom stereocenters. The van der Waals surface area contributed by atoms with Crippen molar-refractivity contribution in [2.45, 2.75) is 6.92 Å². The van der Waals surface area contributed by atoms with Gasteiger partial charge in [0.05, 0.1) is 33.8 Å². The van der Waals surface area contributed by atoms with E-state index in [9.17, 15) is 4.79 Å². The van der Waals surface area contributed by atoms with Gasteiger partial charge >= 0.3 is 0 Å². The lowest BCUT2D eigenvalue weighted by molar-refractivity contribution is -0.856. The van der Waals surface area contributed by atoms with Crippen LogP contribution in [0.3, 0.4) is 0 Å². The Hall–Kier alpha value is -2.32. The van der Waals surface area contributed by atoms with E-state index in [2.05, 4.69) is 10.3 Å². The standard InChI is InChI=1S/C17H25N3O5/c1-4-22-9-10-23-17(18-7-8-20(2)3)19-16(21)13-5-6-14-15(11-13)25-12-24-14/h5-6,11H,4,7-10,12H2,1-3H3,(H,18,19,21)/p+1. The Labute approximate surface area is 147 Å². The summed E-state index contributed by atoms with van der Waals surface area (Å²) in [6.07, 6.45) is 0. The largest absolute Gasteiger partial charge is 0.463 e. The molecule has 2 rings (SSSR count). The highest BCUT2D eigenvalue weighted by molar-refractivity contribution is 6.04. The number of hydrogen-bond donors (Lipinski definition) is 2. The Morgan fingerprint density at radius 2 is 2.08 bits per heavy atom. The molecule has 1 amide bonds.